The molecule has 1 aromatic rings. The molecule has 0 amide bonds. The molecule has 0 aromatic heterocycles. The molecule has 0 aliphatic rings. The highest BCUT2D eigenvalue weighted by Crippen LogP contribution is 2.01. The number of halogens is 1. The number of benzene rings is 1. The zero-order valence-electron chi connectivity index (χ0n) is 10.4. The Bertz CT molecular complexity index is 383. The molecule has 1 rings (SSSR count). The standard InChI is InChI=1S/C9H11NO2.C3H6O3.ClH/c10-8(9(11)12)6-7-4-2-1-3-5-7;1-2(4)3(5)6;/h1-5,8H,6,10H2,(H,11,12);2,4H,1H3,(H,5,6);1H. The van der Waals surface area contributed by atoms with Gasteiger partial charge in [0.25, 0.3) is 0 Å². The second kappa shape index (κ2) is 10.3. The van der Waals surface area contributed by atoms with Gasteiger partial charge in [0, 0.05) is 0 Å². The van der Waals surface area contributed by atoms with Gasteiger partial charge in [-0.05, 0) is 18.9 Å². The molecule has 6 nitrogen and oxygen atoms in total. The minimum atomic E-state index is -1.23. The van der Waals surface area contributed by atoms with Gasteiger partial charge >= 0.3 is 11.9 Å². The van der Waals surface area contributed by atoms with Crippen LogP contribution in [0.25, 0.3) is 0 Å². The summed E-state index contributed by atoms with van der Waals surface area (Å²) in [5.41, 5.74) is 6.30. The van der Waals surface area contributed by atoms with Gasteiger partial charge in [0.1, 0.15) is 12.1 Å². The molecule has 0 aliphatic carbocycles. The lowest BCUT2D eigenvalue weighted by Gasteiger charge is -2.04. The molecule has 0 radical (unpaired) electrons. The number of nitrogens with two attached hydrogens (primary N) is 1. The van der Waals surface area contributed by atoms with Crippen LogP contribution in [0.2, 0.25) is 0 Å². The van der Waals surface area contributed by atoms with Crippen LogP contribution in [0.4, 0.5) is 0 Å². The van der Waals surface area contributed by atoms with Crippen molar-refractivity contribution in [3.63, 3.8) is 0 Å². The van der Waals surface area contributed by atoms with Crippen molar-refractivity contribution in [2.75, 3.05) is 0 Å². The second-order valence-corrected chi connectivity index (χ2v) is 3.65. The molecular formula is C12H18ClNO5. The molecule has 0 heterocycles. The topological polar surface area (TPSA) is 121 Å². The summed E-state index contributed by atoms with van der Waals surface area (Å²) in [6.07, 6.45) is -0.846. The SMILES string of the molecule is CC(O)C(=O)O.Cl.NC(Cc1ccccc1)C(=O)O. The van der Waals surface area contributed by atoms with E-state index in [1.807, 2.05) is 30.3 Å². The molecule has 7 heteroatoms. The Kier molecular flexibility index (Phi) is 10.7. The van der Waals surface area contributed by atoms with E-state index >= 15 is 0 Å². The fraction of sp³-hybridized carbons (Fsp3) is 0.333. The van der Waals surface area contributed by atoms with Gasteiger partial charge < -0.3 is 21.1 Å². The first-order valence-corrected chi connectivity index (χ1v) is 5.27. The molecule has 0 aliphatic heterocycles. The third-order valence-electron chi connectivity index (χ3n) is 1.97. The summed E-state index contributed by atoms with van der Waals surface area (Å²) < 4.78 is 0. The van der Waals surface area contributed by atoms with Crippen molar-refractivity contribution >= 4 is 24.3 Å². The summed E-state index contributed by atoms with van der Waals surface area (Å²) in [5, 5.41) is 24.3. The van der Waals surface area contributed by atoms with Gasteiger partial charge in [-0.2, -0.15) is 0 Å². The minimum absolute atomic E-state index is 0. The number of hydrogen-bond donors (Lipinski definition) is 4. The maximum absolute atomic E-state index is 10.4. The fourth-order valence-corrected chi connectivity index (χ4v) is 0.955. The van der Waals surface area contributed by atoms with Crippen LogP contribution in [0, 0.1) is 0 Å². The monoisotopic (exact) mass is 291 g/mol. The summed E-state index contributed by atoms with van der Waals surface area (Å²) in [6, 6.07) is 8.54. The predicted octanol–water partition coefficient (Wildman–Crippen LogP) is 0.515. The van der Waals surface area contributed by atoms with Crippen LogP contribution in [-0.2, 0) is 16.0 Å². The molecule has 0 saturated carbocycles. The Morgan fingerprint density at radius 2 is 1.58 bits per heavy atom. The average molecular weight is 292 g/mol. The van der Waals surface area contributed by atoms with Crippen LogP contribution in [0.5, 0.6) is 0 Å². The van der Waals surface area contributed by atoms with E-state index in [2.05, 4.69) is 0 Å². The molecule has 1 aromatic carbocycles. The highest BCUT2D eigenvalue weighted by Gasteiger charge is 2.10. The first kappa shape index (κ1) is 19.7. The van der Waals surface area contributed by atoms with E-state index in [9.17, 15) is 9.59 Å². The molecule has 0 spiro atoms. The van der Waals surface area contributed by atoms with Crippen molar-refractivity contribution in [3.8, 4) is 0 Å². The summed E-state index contributed by atoms with van der Waals surface area (Å²) in [6.45, 7) is 1.20. The lowest BCUT2D eigenvalue weighted by atomic mass is 10.1. The summed E-state index contributed by atoms with van der Waals surface area (Å²) in [4.78, 5) is 19.8. The Hall–Kier alpha value is -1.63. The summed E-state index contributed by atoms with van der Waals surface area (Å²) in [5.74, 6) is -2.14. The van der Waals surface area contributed by atoms with Crippen molar-refractivity contribution < 1.29 is 24.9 Å². The van der Waals surface area contributed by atoms with Crippen molar-refractivity contribution in [3.05, 3.63) is 35.9 Å². The average Bonchev–Trinajstić information content (AvgIpc) is 2.30. The molecule has 0 saturated heterocycles. The lowest BCUT2D eigenvalue weighted by molar-refractivity contribution is -0.145. The predicted molar refractivity (Wildman–Crippen MR) is 72.3 cm³/mol. The number of hydrogen-bond acceptors (Lipinski definition) is 4. The zero-order chi connectivity index (χ0) is 14.1. The van der Waals surface area contributed by atoms with E-state index in [1.54, 1.807) is 0 Å². The van der Waals surface area contributed by atoms with E-state index in [0.717, 1.165) is 5.56 Å². The quantitative estimate of drug-likeness (QED) is 0.641. The van der Waals surface area contributed by atoms with Gasteiger partial charge in [-0.25, -0.2) is 4.79 Å². The number of carboxylic acids is 2. The Labute approximate surface area is 117 Å². The van der Waals surface area contributed by atoms with Crippen LogP contribution >= 0.6 is 12.4 Å². The molecule has 108 valence electrons. The smallest absolute Gasteiger partial charge is 0.332 e. The van der Waals surface area contributed by atoms with Crippen LogP contribution < -0.4 is 5.73 Å². The molecule has 0 bridgehead atoms. The summed E-state index contributed by atoms with van der Waals surface area (Å²) in [7, 11) is 0. The third kappa shape index (κ3) is 10.0. The Balaban J connectivity index is 0. The lowest BCUT2D eigenvalue weighted by Crippen LogP contribution is -2.32. The molecule has 2 unspecified atom stereocenters. The first-order valence-electron chi connectivity index (χ1n) is 5.27. The third-order valence-corrected chi connectivity index (χ3v) is 1.97. The fourth-order valence-electron chi connectivity index (χ4n) is 0.955. The van der Waals surface area contributed by atoms with Crippen molar-refractivity contribution in [2.45, 2.75) is 25.5 Å². The Morgan fingerprint density at radius 3 is 1.89 bits per heavy atom. The highest BCUT2D eigenvalue weighted by molar-refractivity contribution is 5.85. The van der Waals surface area contributed by atoms with Crippen LogP contribution in [0.15, 0.2) is 30.3 Å². The maximum atomic E-state index is 10.4. The maximum Gasteiger partial charge on any atom is 0.332 e. The normalized spacial score (nSPS) is 12.2. The largest absolute Gasteiger partial charge is 0.480 e. The van der Waals surface area contributed by atoms with Crippen molar-refractivity contribution in [1.82, 2.24) is 0 Å². The van der Waals surface area contributed by atoms with Gasteiger partial charge in [-0.3, -0.25) is 4.79 Å². The first-order chi connectivity index (χ1) is 8.34. The molecular weight excluding hydrogens is 274 g/mol. The van der Waals surface area contributed by atoms with Crippen LogP contribution in [-0.4, -0.2) is 39.4 Å². The number of aliphatic hydroxyl groups is 1. The number of rotatable bonds is 4. The van der Waals surface area contributed by atoms with Gasteiger partial charge in [0.2, 0.25) is 0 Å². The summed E-state index contributed by atoms with van der Waals surface area (Å²) >= 11 is 0. The van der Waals surface area contributed by atoms with Gasteiger partial charge in [0.15, 0.2) is 0 Å². The van der Waals surface area contributed by atoms with E-state index in [0.29, 0.717) is 6.42 Å². The second-order valence-electron chi connectivity index (χ2n) is 3.65. The van der Waals surface area contributed by atoms with Crippen LogP contribution in [0.3, 0.4) is 0 Å². The molecule has 2 atom stereocenters. The van der Waals surface area contributed by atoms with Crippen molar-refractivity contribution in [1.29, 1.82) is 0 Å². The number of aliphatic carboxylic acids is 2. The highest BCUT2D eigenvalue weighted by atomic mass is 35.5. The van der Waals surface area contributed by atoms with Crippen molar-refractivity contribution in [2.24, 2.45) is 5.73 Å². The van der Waals surface area contributed by atoms with Crippen LogP contribution in [0.1, 0.15) is 12.5 Å². The van der Waals surface area contributed by atoms with Gasteiger partial charge in [-0.15, -0.1) is 12.4 Å². The van der Waals surface area contributed by atoms with E-state index in [1.165, 1.54) is 6.92 Å². The number of carboxylic acid groups (broad SMARTS) is 2. The number of carbonyl (C=O) groups is 2. The zero-order valence-corrected chi connectivity index (χ0v) is 11.2. The number of aliphatic hydroxyl groups excluding tert-OH is 1. The minimum Gasteiger partial charge on any atom is -0.480 e. The van der Waals surface area contributed by atoms with E-state index < -0.39 is 24.1 Å². The molecule has 19 heavy (non-hydrogen) atoms. The molecule has 5 N–H and O–H groups in total. The molecule has 0 fully saturated rings. The Morgan fingerprint density at radius 1 is 1.16 bits per heavy atom. The van der Waals surface area contributed by atoms with E-state index in [4.69, 9.17) is 21.1 Å². The van der Waals surface area contributed by atoms with Gasteiger partial charge in [-0.1, -0.05) is 30.3 Å². The van der Waals surface area contributed by atoms with E-state index in [-0.39, 0.29) is 12.4 Å². The van der Waals surface area contributed by atoms with Gasteiger partial charge in [0.05, 0.1) is 0 Å².